The van der Waals surface area contributed by atoms with Crippen molar-refractivity contribution in [1.29, 1.82) is 0 Å². The van der Waals surface area contributed by atoms with Gasteiger partial charge in [-0.2, -0.15) is 0 Å². The number of phenols is 1. The molecular formula is C51H49N2OPt-. The smallest absolute Gasteiger partial charge is 0.132 e. The summed E-state index contributed by atoms with van der Waals surface area (Å²) in [6.45, 7) is 17.8. The Morgan fingerprint density at radius 1 is 0.491 bits per heavy atom. The molecule has 0 unspecified atom stereocenters. The second-order valence-electron chi connectivity index (χ2n) is 16.9. The molecule has 4 heteroatoms. The molecule has 0 aliphatic carbocycles. The van der Waals surface area contributed by atoms with Crippen LogP contribution in [-0.2, 0) is 37.3 Å². The van der Waals surface area contributed by atoms with Gasteiger partial charge in [-0.25, -0.2) is 0 Å². The maximum absolute atomic E-state index is 12.3. The van der Waals surface area contributed by atoms with Gasteiger partial charge in [0.05, 0.1) is 5.69 Å². The zero-order chi connectivity index (χ0) is 38.3. The van der Waals surface area contributed by atoms with Crippen molar-refractivity contribution in [2.75, 3.05) is 0 Å². The number of rotatable bonds is 7. The first-order valence-corrected chi connectivity index (χ1v) is 18.8. The molecule has 0 radical (unpaired) electrons. The van der Waals surface area contributed by atoms with Crippen molar-refractivity contribution in [3.63, 3.8) is 0 Å². The van der Waals surface area contributed by atoms with Crippen LogP contribution in [0.5, 0.6) is 5.75 Å². The van der Waals surface area contributed by atoms with Crippen LogP contribution in [0.25, 0.3) is 56.0 Å². The van der Waals surface area contributed by atoms with Crippen molar-refractivity contribution in [3.8, 4) is 61.8 Å². The van der Waals surface area contributed by atoms with E-state index in [-0.39, 0.29) is 37.6 Å². The number of nitrogens with zero attached hydrogens (tertiary/aromatic N) is 2. The van der Waals surface area contributed by atoms with E-state index in [1.807, 2.05) is 36.5 Å². The Labute approximate surface area is 341 Å². The Hall–Kier alpha value is -5.11. The normalized spacial score (nSPS) is 11.9. The summed E-state index contributed by atoms with van der Waals surface area (Å²) >= 11 is 0. The molecule has 0 bridgehead atoms. The number of hydrogen-bond acceptors (Lipinski definition) is 3. The van der Waals surface area contributed by atoms with Gasteiger partial charge in [-0.05, 0) is 62.4 Å². The molecule has 2 heterocycles. The van der Waals surface area contributed by atoms with Gasteiger partial charge in [0.1, 0.15) is 5.75 Å². The number of hydrogen-bond donors (Lipinski definition) is 1. The Kier molecular flexibility index (Phi) is 11.2. The fourth-order valence-electron chi connectivity index (χ4n) is 7.08. The maximum atomic E-state index is 12.3. The summed E-state index contributed by atoms with van der Waals surface area (Å²) in [4.78, 5) is 10.4. The van der Waals surface area contributed by atoms with Crippen LogP contribution < -0.4 is 0 Å². The average molecular weight is 901 g/mol. The predicted octanol–water partition coefficient (Wildman–Crippen LogP) is 13.2. The summed E-state index contributed by atoms with van der Waals surface area (Å²) in [6, 6.07) is 52.0. The summed E-state index contributed by atoms with van der Waals surface area (Å²) in [5, 5.41) is 12.3. The van der Waals surface area contributed by atoms with Gasteiger partial charge in [-0.3, -0.25) is 9.97 Å². The first-order chi connectivity index (χ1) is 25.7. The molecule has 0 amide bonds. The van der Waals surface area contributed by atoms with Gasteiger partial charge in [0, 0.05) is 55.2 Å². The number of pyridine rings is 2. The van der Waals surface area contributed by atoms with Crippen LogP contribution in [0.1, 0.15) is 77.6 Å². The van der Waals surface area contributed by atoms with E-state index in [0.717, 1.165) is 61.6 Å². The average Bonchev–Trinajstić information content (AvgIpc) is 3.18. The Morgan fingerprint density at radius 3 is 1.62 bits per heavy atom. The summed E-state index contributed by atoms with van der Waals surface area (Å²) in [6.07, 6.45) is 1.88. The Morgan fingerprint density at radius 2 is 1.02 bits per heavy atom. The molecule has 0 aliphatic heterocycles. The maximum Gasteiger partial charge on any atom is 0.132 e. The van der Waals surface area contributed by atoms with E-state index in [1.54, 1.807) is 0 Å². The minimum Gasteiger partial charge on any atom is -0.507 e. The molecule has 0 saturated carbocycles. The van der Waals surface area contributed by atoms with Crippen LogP contribution in [0, 0.1) is 6.07 Å². The number of benzene rings is 5. The number of phenolic OH excluding ortho intramolecular Hbond substituents is 1. The molecule has 0 spiro atoms. The zero-order valence-corrected chi connectivity index (χ0v) is 35.3. The predicted molar refractivity (Wildman–Crippen MR) is 226 cm³/mol. The molecule has 3 nitrogen and oxygen atoms in total. The molecule has 0 saturated heterocycles. The van der Waals surface area contributed by atoms with Crippen molar-refractivity contribution < 1.29 is 26.2 Å². The second-order valence-corrected chi connectivity index (χ2v) is 16.9. The standard InChI is InChI=1S/C51H49N2O.Pt/c1-49(2,3)40-29-37(28-38(30-40)46-31-36(26-27-52-46)34-18-12-9-13-19-34)45-25-24-44(51(7,8)39-22-16-11-17-23-39)47(53-45)43-33-41(50(4,5)6)32-42(48(43)54)35-20-14-10-15-21-35;/h9-27,29-33,54H,1-8H3;/q-1;. The Balaban J connectivity index is 0.00000514. The van der Waals surface area contributed by atoms with Crippen molar-refractivity contribution in [3.05, 3.63) is 174 Å². The minimum atomic E-state index is -0.427. The summed E-state index contributed by atoms with van der Waals surface area (Å²) < 4.78 is 0. The molecular weight excluding hydrogens is 852 g/mol. The van der Waals surface area contributed by atoms with E-state index in [1.165, 1.54) is 11.1 Å². The minimum absolute atomic E-state index is 0. The molecule has 7 rings (SSSR count). The van der Waals surface area contributed by atoms with Gasteiger partial charge in [-0.15, -0.1) is 23.8 Å². The topological polar surface area (TPSA) is 46.0 Å². The summed E-state index contributed by atoms with van der Waals surface area (Å²) in [5.41, 5.74) is 12.6. The monoisotopic (exact) mass is 900 g/mol. The van der Waals surface area contributed by atoms with Gasteiger partial charge in [0.25, 0.3) is 0 Å². The molecule has 2 aromatic heterocycles. The fourth-order valence-corrected chi connectivity index (χ4v) is 7.08. The van der Waals surface area contributed by atoms with E-state index in [2.05, 4.69) is 171 Å². The summed E-state index contributed by atoms with van der Waals surface area (Å²) in [7, 11) is 0. The van der Waals surface area contributed by atoms with Crippen LogP contribution in [0.4, 0.5) is 0 Å². The van der Waals surface area contributed by atoms with Crippen LogP contribution >= 0.6 is 0 Å². The third-order valence-electron chi connectivity index (χ3n) is 10.5. The first kappa shape index (κ1) is 39.6. The number of aromatic hydroxyl groups is 1. The van der Waals surface area contributed by atoms with Crippen molar-refractivity contribution in [2.45, 2.75) is 71.6 Å². The molecule has 55 heavy (non-hydrogen) atoms. The van der Waals surface area contributed by atoms with E-state index >= 15 is 0 Å². The molecule has 0 aliphatic rings. The van der Waals surface area contributed by atoms with Gasteiger partial charge >= 0.3 is 0 Å². The van der Waals surface area contributed by atoms with Gasteiger partial charge in [0.15, 0.2) is 0 Å². The van der Waals surface area contributed by atoms with Crippen LogP contribution in [0.15, 0.2) is 146 Å². The van der Waals surface area contributed by atoms with Gasteiger partial charge in [0.2, 0.25) is 0 Å². The van der Waals surface area contributed by atoms with Crippen molar-refractivity contribution >= 4 is 0 Å². The SMILES string of the molecule is CC(C)(C)c1cc(-c2cc(-c3ccccc3)ccn2)[c-]c(-c2ccc(C(C)(C)c3ccccc3)c(-c3cc(C(C)(C)C)cc(-c4ccccc4)c3O)n2)c1.[Pt]. The summed E-state index contributed by atoms with van der Waals surface area (Å²) in [5.74, 6) is 0.221. The zero-order valence-electron chi connectivity index (χ0n) is 33.0. The van der Waals surface area contributed by atoms with E-state index in [9.17, 15) is 5.11 Å². The van der Waals surface area contributed by atoms with Gasteiger partial charge in [-0.1, -0.05) is 176 Å². The fraction of sp³-hybridized carbons (Fsp3) is 0.216. The van der Waals surface area contributed by atoms with Crippen molar-refractivity contribution in [1.82, 2.24) is 9.97 Å². The second kappa shape index (κ2) is 15.6. The van der Waals surface area contributed by atoms with E-state index in [4.69, 9.17) is 9.97 Å². The molecule has 5 aromatic carbocycles. The quantitative estimate of drug-likeness (QED) is 0.162. The molecule has 0 atom stereocenters. The van der Waals surface area contributed by atoms with E-state index < -0.39 is 5.41 Å². The third-order valence-corrected chi connectivity index (χ3v) is 10.5. The van der Waals surface area contributed by atoms with Crippen LogP contribution in [0.2, 0.25) is 0 Å². The van der Waals surface area contributed by atoms with Gasteiger partial charge < -0.3 is 5.11 Å². The van der Waals surface area contributed by atoms with Crippen LogP contribution in [0.3, 0.4) is 0 Å². The largest absolute Gasteiger partial charge is 0.507 e. The number of aromatic nitrogens is 2. The van der Waals surface area contributed by atoms with E-state index in [0.29, 0.717) is 5.56 Å². The molecule has 7 aromatic rings. The molecule has 280 valence electrons. The molecule has 1 N–H and O–H groups in total. The van der Waals surface area contributed by atoms with Crippen molar-refractivity contribution in [2.24, 2.45) is 0 Å². The first-order valence-electron chi connectivity index (χ1n) is 18.8. The third kappa shape index (κ3) is 8.29. The van der Waals surface area contributed by atoms with Crippen LogP contribution in [-0.4, -0.2) is 15.1 Å². The molecule has 0 fully saturated rings. The Bertz CT molecular complexity index is 2420.